The molecule has 1 aromatic heterocycles. The van der Waals surface area contributed by atoms with Crippen molar-refractivity contribution in [2.75, 3.05) is 4.90 Å². The summed E-state index contributed by atoms with van der Waals surface area (Å²) in [6, 6.07) is 7.12. The van der Waals surface area contributed by atoms with E-state index in [4.69, 9.17) is 23.2 Å². The molecule has 1 aliphatic carbocycles. The number of hydrogen-bond acceptors (Lipinski definition) is 3. The average molecular weight is 392 g/mol. The summed E-state index contributed by atoms with van der Waals surface area (Å²) in [5, 5.41) is 5.64. The zero-order valence-corrected chi connectivity index (χ0v) is 15.9. The molecule has 0 spiro atoms. The minimum Gasteiger partial charge on any atom is -0.274 e. The zero-order valence-electron chi connectivity index (χ0n) is 14.4. The quantitative estimate of drug-likeness (QED) is 0.735. The molecule has 2 atom stereocenters. The summed E-state index contributed by atoms with van der Waals surface area (Å²) in [4.78, 5) is 26.8. The number of halogens is 2. The molecule has 7 heteroatoms. The highest BCUT2D eigenvalue weighted by Gasteiger charge is 2.49. The number of amides is 2. The first-order valence-corrected chi connectivity index (χ1v) is 9.58. The van der Waals surface area contributed by atoms with E-state index in [-0.39, 0.29) is 23.7 Å². The standard InChI is InChI=1S/C19H19Cl2N3O2/c1-11-9-17(22-23(11)10-14-15(20)7-4-8-16(14)21)24-18(25)12-5-2-3-6-13(12)19(24)26/h4,7-9,12-13H,2-3,5-6,10H2,1H3/t12-,13-/m1/s1. The first-order valence-electron chi connectivity index (χ1n) is 8.82. The zero-order chi connectivity index (χ0) is 18.4. The SMILES string of the molecule is Cc1cc(N2C(=O)[C@@H]3CCCC[C@H]3C2=O)nn1Cc1c(Cl)cccc1Cl. The second-order valence-corrected chi connectivity index (χ2v) is 7.83. The van der Waals surface area contributed by atoms with Crippen LogP contribution in [0.5, 0.6) is 0 Å². The molecule has 26 heavy (non-hydrogen) atoms. The third kappa shape index (κ3) is 2.83. The maximum absolute atomic E-state index is 12.8. The van der Waals surface area contributed by atoms with Crippen LogP contribution in [-0.2, 0) is 16.1 Å². The number of nitrogens with zero attached hydrogens (tertiary/aromatic N) is 3. The molecule has 2 amide bonds. The molecule has 1 saturated carbocycles. The fraction of sp³-hybridized carbons (Fsp3) is 0.421. The normalized spacial score (nSPS) is 22.8. The van der Waals surface area contributed by atoms with E-state index in [1.807, 2.05) is 6.92 Å². The fourth-order valence-electron chi connectivity index (χ4n) is 3.98. The van der Waals surface area contributed by atoms with Gasteiger partial charge in [-0.2, -0.15) is 5.10 Å². The smallest absolute Gasteiger partial charge is 0.238 e. The Kier molecular flexibility index (Phi) is 4.53. The van der Waals surface area contributed by atoms with E-state index in [0.717, 1.165) is 36.9 Å². The maximum atomic E-state index is 12.8. The summed E-state index contributed by atoms with van der Waals surface area (Å²) >= 11 is 12.5. The second kappa shape index (κ2) is 6.71. The number of anilines is 1. The van der Waals surface area contributed by atoms with Crippen LogP contribution in [0.1, 0.15) is 36.9 Å². The van der Waals surface area contributed by atoms with Crippen molar-refractivity contribution in [1.29, 1.82) is 0 Å². The van der Waals surface area contributed by atoms with Gasteiger partial charge < -0.3 is 0 Å². The highest BCUT2D eigenvalue weighted by Crippen LogP contribution is 2.40. The summed E-state index contributed by atoms with van der Waals surface area (Å²) in [6.07, 6.45) is 3.60. The monoisotopic (exact) mass is 391 g/mol. The van der Waals surface area contributed by atoms with Crippen molar-refractivity contribution in [1.82, 2.24) is 9.78 Å². The molecule has 0 bridgehead atoms. The van der Waals surface area contributed by atoms with E-state index in [0.29, 0.717) is 22.4 Å². The first-order chi connectivity index (χ1) is 12.5. The molecule has 2 heterocycles. The Morgan fingerprint density at radius 3 is 2.23 bits per heavy atom. The van der Waals surface area contributed by atoms with Crippen LogP contribution in [0.2, 0.25) is 10.0 Å². The lowest BCUT2D eigenvalue weighted by atomic mass is 9.81. The molecule has 1 saturated heterocycles. The number of fused-ring (bicyclic) bond motifs is 1. The number of carbonyl (C=O) groups excluding carboxylic acids is 2. The molecular weight excluding hydrogens is 373 g/mol. The van der Waals surface area contributed by atoms with Crippen LogP contribution < -0.4 is 4.90 Å². The molecule has 1 aromatic carbocycles. The minimum atomic E-state index is -0.181. The average Bonchev–Trinajstić information content (AvgIpc) is 3.09. The van der Waals surface area contributed by atoms with Crippen LogP contribution in [0.15, 0.2) is 24.3 Å². The van der Waals surface area contributed by atoms with E-state index in [2.05, 4.69) is 5.10 Å². The Morgan fingerprint density at radius 2 is 1.65 bits per heavy atom. The molecule has 0 unspecified atom stereocenters. The number of rotatable bonds is 3. The maximum Gasteiger partial charge on any atom is 0.238 e. The van der Waals surface area contributed by atoms with Crippen molar-refractivity contribution in [2.24, 2.45) is 11.8 Å². The molecule has 136 valence electrons. The van der Waals surface area contributed by atoms with Gasteiger partial charge in [0.25, 0.3) is 0 Å². The van der Waals surface area contributed by atoms with Crippen molar-refractivity contribution >= 4 is 40.8 Å². The van der Waals surface area contributed by atoms with E-state index in [1.54, 1.807) is 28.9 Å². The van der Waals surface area contributed by atoms with E-state index >= 15 is 0 Å². The van der Waals surface area contributed by atoms with Crippen molar-refractivity contribution in [3.63, 3.8) is 0 Å². The number of benzene rings is 1. The largest absolute Gasteiger partial charge is 0.274 e. The lowest BCUT2D eigenvalue weighted by Gasteiger charge is -2.19. The van der Waals surface area contributed by atoms with Crippen LogP contribution in [0.4, 0.5) is 5.82 Å². The predicted octanol–water partition coefficient (Wildman–Crippen LogP) is 4.23. The van der Waals surface area contributed by atoms with Gasteiger partial charge in [0.2, 0.25) is 11.8 Å². The lowest BCUT2D eigenvalue weighted by Crippen LogP contribution is -2.31. The van der Waals surface area contributed by atoms with Gasteiger partial charge in [0, 0.05) is 27.4 Å². The molecule has 4 rings (SSSR count). The summed E-state index contributed by atoms with van der Waals surface area (Å²) < 4.78 is 1.73. The Balaban J connectivity index is 1.65. The molecule has 5 nitrogen and oxygen atoms in total. The van der Waals surface area contributed by atoms with Gasteiger partial charge in [-0.15, -0.1) is 0 Å². The second-order valence-electron chi connectivity index (χ2n) is 7.01. The van der Waals surface area contributed by atoms with Gasteiger partial charge in [0.1, 0.15) is 0 Å². The third-order valence-corrected chi connectivity index (χ3v) is 6.12. The number of aryl methyl sites for hydroxylation is 1. The van der Waals surface area contributed by atoms with Gasteiger partial charge in [-0.3, -0.25) is 14.3 Å². The number of aromatic nitrogens is 2. The molecule has 2 aliphatic rings. The van der Waals surface area contributed by atoms with Crippen LogP contribution in [0, 0.1) is 18.8 Å². The Morgan fingerprint density at radius 1 is 1.08 bits per heavy atom. The van der Waals surface area contributed by atoms with Gasteiger partial charge in [0.05, 0.1) is 18.4 Å². The Labute approximate surface area is 161 Å². The van der Waals surface area contributed by atoms with E-state index in [1.165, 1.54) is 4.90 Å². The number of carbonyl (C=O) groups is 2. The van der Waals surface area contributed by atoms with E-state index in [9.17, 15) is 9.59 Å². The van der Waals surface area contributed by atoms with Crippen LogP contribution in [0.3, 0.4) is 0 Å². The van der Waals surface area contributed by atoms with Crippen molar-refractivity contribution in [3.8, 4) is 0 Å². The third-order valence-electron chi connectivity index (χ3n) is 5.41. The molecule has 2 fully saturated rings. The minimum absolute atomic E-state index is 0.111. The summed E-state index contributed by atoms with van der Waals surface area (Å²) in [5.41, 5.74) is 1.60. The summed E-state index contributed by atoms with van der Waals surface area (Å²) in [7, 11) is 0. The lowest BCUT2D eigenvalue weighted by molar-refractivity contribution is -0.122. The van der Waals surface area contributed by atoms with Crippen molar-refractivity contribution < 1.29 is 9.59 Å². The number of imide groups is 1. The molecule has 1 aliphatic heterocycles. The van der Waals surface area contributed by atoms with Crippen molar-refractivity contribution in [2.45, 2.75) is 39.2 Å². The molecule has 0 N–H and O–H groups in total. The Hall–Kier alpha value is -1.85. The van der Waals surface area contributed by atoms with Gasteiger partial charge in [-0.05, 0) is 31.9 Å². The van der Waals surface area contributed by atoms with Gasteiger partial charge >= 0.3 is 0 Å². The summed E-state index contributed by atoms with van der Waals surface area (Å²) in [5.74, 6) is -0.185. The summed E-state index contributed by atoms with van der Waals surface area (Å²) in [6.45, 7) is 2.27. The van der Waals surface area contributed by atoms with Crippen LogP contribution >= 0.6 is 23.2 Å². The van der Waals surface area contributed by atoms with Gasteiger partial charge in [0.15, 0.2) is 5.82 Å². The Bertz CT molecular complexity index is 849. The first kappa shape index (κ1) is 17.6. The van der Waals surface area contributed by atoms with Crippen LogP contribution in [0.25, 0.3) is 0 Å². The van der Waals surface area contributed by atoms with Gasteiger partial charge in [-0.1, -0.05) is 42.1 Å². The topological polar surface area (TPSA) is 55.2 Å². The fourth-order valence-corrected chi connectivity index (χ4v) is 4.50. The number of hydrogen-bond donors (Lipinski definition) is 0. The highest BCUT2D eigenvalue weighted by molar-refractivity contribution is 6.36. The molecular formula is C19H19Cl2N3O2. The molecule has 0 radical (unpaired) electrons. The molecule has 2 aromatic rings. The highest BCUT2D eigenvalue weighted by atomic mass is 35.5. The van der Waals surface area contributed by atoms with Crippen LogP contribution in [-0.4, -0.2) is 21.6 Å². The van der Waals surface area contributed by atoms with E-state index < -0.39 is 0 Å². The van der Waals surface area contributed by atoms with Crippen molar-refractivity contribution in [3.05, 3.63) is 45.6 Å². The predicted molar refractivity (Wildman–Crippen MR) is 100 cm³/mol. The van der Waals surface area contributed by atoms with Gasteiger partial charge in [-0.25, -0.2) is 4.90 Å².